The van der Waals surface area contributed by atoms with E-state index in [0.29, 0.717) is 11.5 Å². The molecular weight excluding hydrogens is 458 g/mol. The first-order chi connectivity index (χ1) is 17.9. The van der Waals surface area contributed by atoms with E-state index < -0.39 is 5.97 Å². The first kappa shape index (κ1) is 26.8. The van der Waals surface area contributed by atoms with Gasteiger partial charge in [-0.1, -0.05) is 62.4 Å². The Balaban J connectivity index is 1.64. The normalized spacial score (nSPS) is 14.8. The summed E-state index contributed by atoms with van der Waals surface area (Å²) in [5.74, 6) is -0.234. The van der Waals surface area contributed by atoms with Crippen molar-refractivity contribution in [2.75, 3.05) is 13.2 Å². The van der Waals surface area contributed by atoms with Crippen molar-refractivity contribution in [2.45, 2.75) is 65.2 Å². The molecule has 4 heteroatoms. The number of nitrogens with zero attached hydrogens (tertiary/aromatic N) is 1. The molecule has 1 aliphatic heterocycles. The van der Waals surface area contributed by atoms with Gasteiger partial charge in [-0.3, -0.25) is 9.78 Å². The lowest BCUT2D eigenvalue weighted by Crippen LogP contribution is -2.26. The van der Waals surface area contributed by atoms with Crippen LogP contribution in [0.4, 0.5) is 0 Å². The highest BCUT2D eigenvalue weighted by molar-refractivity contribution is 5.73. The predicted octanol–water partition coefficient (Wildman–Crippen LogP) is 7.54. The van der Waals surface area contributed by atoms with Crippen LogP contribution in [0.5, 0.6) is 0 Å². The molecule has 0 saturated carbocycles. The Morgan fingerprint density at radius 3 is 2.30 bits per heavy atom. The number of carboxylic acid groups (broad SMARTS) is 1. The fraction of sp³-hybridized carbons (Fsp3) is 0.394. The van der Waals surface area contributed by atoms with E-state index in [0.717, 1.165) is 50.0 Å². The largest absolute Gasteiger partial charge is 0.481 e. The number of aryl methyl sites for hydroxylation is 2. The van der Waals surface area contributed by atoms with E-state index in [1.165, 1.54) is 27.8 Å². The molecule has 0 radical (unpaired) electrons. The highest BCUT2D eigenvalue weighted by atomic mass is 16.5. The van der Waals surface area contributed by atoms with Crippen LogP contribution in [-0.4, -0.2) is 29.3 Å². The quantitative estimate of drug-likeness (QED) is 0.332. The van der Waals surface area contributed by atoms with E-state index in [1.807, 2.05) is 12.3 Å². The Labute approximate surface area is 221 Å². The van der Waals surface area contributed by atoms with E-state index in [1.54, 1.807) is 6.20 Å². The number of hydrogen-bond donors (Lipinski definition) is 1. The SMILES string of the molecule is CCC(CC)(c1ccc(/C=C/C2CCOCC2)c(C)c1)c1ccc(-c2cncc(CC(=O)O)c2)c(C)c1. The summed E-state index contributed by atoms with van der Waals surface area (Å²) in [6.07, 6.45) is 12.3. The molecular formula is C33H39NO3. The van der Waals surface area contributed by atoms with Crippen molar-refractivity contribution in [3.8, 4) is 11.1 Å². The van der Waals surface area contributed by atoms with Gasteiger partial charge in [-0.2, -0.15) is 0 Å². The topological polar surface area (TPSA) is 59.4 Å². The summed E-state index contributed by atoms with van der Waals surface area (Å²) in [5, 5.41) is 9.16. The van der Waals surface area contributed by atoms with Gasteiger partial charge in [0.25, 0.3) is 0 Å². The van der Waals surface area contributed by atoms with Crippen LogP contribution < -0.4 is 0 Å². The molecule has 4 nitrogen and oxygen atoms in total. The van der Waals surface area contributed by atoms with Gasteiger partial charge in [0.1, 0.15) is 0 Å². The smallest absolute Gasteiger partial charge is 0.307 e. The van der Waals surface area contributed by atoms with Gasteiger partial charge in [-0.15, -0.1) is 0 Å². The lowest BCUT2D eigenvalue weighted by atomic mass is 9.69. The summed E-state index contributed by atoms with van der Waals surface area (Å²) in [7, 11) is 0. The molecule has 1 saturated heterocycles. The molecule has 1 aliphatic rings. The maximum Gasteiger partial charge on any atom is 0.307 e. The van der Waals surface area contributed by atoms with Gasteiger partial charge in [0.05, 0.1) is 6.42 Å². The second kappa shape index (κ2) is 11.9. The Kier molecular flexibility index (Phi) is 8.60. The zero-order valence-corrected chi connectivity index (χ0v) is 22.6. The minimum Gasteiger partial charge on any atom is -0.481 e. The van der Waals surface area contributed by atoms with Gasteiger partial charge >= 0.3 is 5.97 Å². The van der Waals surface area contributed by atoms with Crippen molar-refractivity contribution in [3.63, 3.8) is 0 Å². The van der Waals surface area contributed by atoms with Gasteiger partial charge in [0, 0.05) is 36.6 Å². The van der Waals surface area contributed by atoms with Crippen molar-refractivity contribution in [1.82, 2.24) is 4.98 Å². The number of aromatic nitrogens is 1. The van der Waals surface area contributed by atoms with E-state index in [-0.39, 0.29) is 11.8 Å². The average molecular weight is 498 g/mol. The number of allylic oxidation sites excluding steroid dienone is 1. The zero-order chi connectivity index (χ0) is 26.4. The fourth-order valence-electron chi connectivity index (χ4n) is 5.73. The number of ether oxygens (including phenoxy) is 1. The lowest BCUT2D eigenvalue weighted by Gasteiger charge is -2.34. The Hall–Kier alpha value is -3.24. The number of carbonyl (C=O) groups is 1. The Morgan fingerprint density at radius 1 is 1.00 bits per heavy atom. The van der Waals surface area contributed by atoms with Crippen LogP contribution in [0.1, 0.15) is 72.9 Å². The van der Waals surface area contributed by atoms with Crippen molar-refractivity contribution < 1.29 is 14.6 Å². The third-order valence-electron chi connectivity index (χ3n) is 8.08. The standard InChI is InChI=1S/C33H39NO3/c1-5-33(6-2,29-10-9-27(23(3)17-29)8-7-25-13-15-37-16-14-25)30-11-12-31(24(4)18-30)28-19-26(20-32(35)36)21-34-22-28/h7-12,17-19,21-22,25H,5-6,13-16,20H2,1-4H3,(H,35,36)/b8-7+. The van der Waals surface area contributed by atoms with Crippen molar-refractivity contribution in [1.29, 1.82) is 0 Å². The van der Waals surface area contributed by atoms with Gasteiger partial charge in [-0.25, -0.2) is 0 Å². The molecule has 0 spiro atoms. The third-order valence-corrected chi connectivity index (χ3v) is 8.08. The summed E-state index contributed by atoms with van der Waals surface area (Å²) >= 11 is 0. The first-order valence-electron chi connectivity index (χ1n) is 13.5. The summed E-state index contributed by atoms with van der Waals surface area (Å²) < 4.78 is 5.50. The Morgan fingerprint density at radius 2 is 1.68 bits per heavy atom. The molecule has 0 bridgehead atoms. The summed E-state index contributed by atoms with van der Waals surface area (Å²) in [6.45, 7) is 10.6. The molecule has 2 heterocycles. The number of hydrogen-bond acceptors (Lipinski definition) is 3. The molecule has 4 rings (SSSR count). The average Bonchev–Trinajstić information content (AvgIpc) is 2.90. The first-order valence-corrected chi connectivity index (χ1v) is 13.5. The number of benzene rings is 2. The molecule has 1 N–H and O–H groups in total. The minimum atomic E-state index is -0.845. The second-order valence-electron chi connectivity index (χ2n) is 10.4. The van der Waals surface area contributed by atoms with Crippen LogP contribution in [0.3, 0.4) is 0 Å². The molecule has 1 fully saturated rings. The number of pyridine rings is 1. The van der Waals surface area contributed by atoms with Gasteiger partial charge in [0.15, 0.2) is 0 Å². The van der Waals surface area contributed by atoms with Crippen LogP contribution >= 0.6 is 0 Å². The molecule has 3 aromatic rings. The molecule has 2 aromatic carbocycles. The second-order valence-corrected chi connectivity index (χ2v) is 10.4. The minimum absolute atomic E-state index is 0.0215. The number of aliphatic carboxylic acids is 1. The van der Waals surface area contributed by atoms with E-state index in [2.05, 4.69) is 81.2 Å². The van der Waals surface area contributed by atoms with Gasteiger partial charge < -0.3 is 9.84 Å². The maximum absolute atomic E-state index is 11.2. The van der Waals surface area contributed by atoms with E-state index in [9.17, 15) is 4.79 Å². The highest BCUT2D eigenvalue weighted by Crippen LogP contribution is 2.41. The summed E-state index contributed by atoms with van der Waals surface area (Å²) in [6, 6.07) is 15.6. The third kappa shape index (κ3) is 6.02. The molecule has 37 heavy (non-hydrogen) atoms. The molecule has 1 aromatic heterocycles. The molecule has 0 atom stereocenters. The number of carboxylic acids is 1. The Bertz CT molecular complexity index is 1270. The molecule has 0 amide bonds. The van der Waals surface area contributed by atoms with Crippen LogP contribution in [0.15, 0.2) is 60.9 Å². The van der Waals surface area contributed by atoms with Crippen molar-refractivity contribution >= 4 is 12.0 Å². The van der Waals surface area contributed by atoms with Gasteiger partial charge in [-0.05, 0) is 90.5 Å². The monoisotopic (exact) mass is 497 g/mol. The van der Waals surface area contributed by atoms with Crippen molar-refractivity contribution in [2.24, 2.45) is 5.92 Å². The molecule has 0 aliphatic carbocycles. The fourth-order valence-corrected chi connectivity index (χ4v) is 5.73. The van der Waals surface area contributed by atoms with Crippen molar-refractivity contribution in [3.05, 3.63) is 94.3 Å². The maximum atomic E-state index is 11.2. The van der Waals surface area contributed by atoms with Crippen LogP contribution in [0, 0.1) is 19.8 Å². The summed E-state index contributed by atoms with van der Waals surface area (Å²) in [5.41, 5.74) is 9.14. The lowest BCUT2D eigenvalue weighted by molar-refractivity contribution is -0.136. The van der Waals surface area contributed by atoms with Crippen LogP contribution in [0.2, 0.25) is 0 Å². The highest BCUT2D eigenvalue weighted by Gasteiger charge is 2.31. The number of rotatable bonds is 9. The molecule has 0 unspecified atom stereocenters. The predicted molar refractivity (Wildman–Crippen MR) is 151 cm³/mol. The van der Waals surface area contributed by atoms with Crippen LogP contribution in [0.25, 0.3) is 17.2 Å². The molecule has 194 valence electrons. The van der Waals surface area contributed by atoms with E-state index in [4.69, 9.17) is 9.84 Å². The zero-order valence-electron chi connectivity index (χ0n) is 22.6. The van der Waals surface area contributed by atoms with Gasteiger partial charge in [0.2, 0.25) is 0 Å². The van der Waals surface area contributed by atoms with Crippen LogP contribution in [-0.2, 0) is 21.4 Å². The summed E-state index contributed by atoms with van der Waals surface area (Å²) in [4.78, 5) is 15.5. The van der Waals surface area contributed by atoms with E-state index >= 15 is 0 Å².